The Kier molecular flexibility index (Phi) is 3.60. The molecule has 0 aliphatic carbocycles. The Labute approximate surface area is 105 Å². The van der Waals surface area contributed by atoms with E-state index < -0.39 is 0 Å². The van der Waals surface area contributed by atoms with E-state index in [4.69, 9.17) is 0 Å². The number of halogens is 1. The van der Waals surface area contributed by atoms with Crippen LogP contribution in [0, 0.1) is 19.7 Å². The van der Waals surface area contributed by atoms with Gasteiger partial charge in [0.25, 0.3) is 0 Å². The van der Waals surface area contributed by atoms with Crippen LogP contribution in [-0.2, 0) is 0 Å². The fourth-order valence-corrected chi connectivity index (χ4v) is 3.05. The van der Waals surface area contributed by atoms with Crippen molar-refractivity contribution in [2.45, 2.75) is 19.9 Å². The summed E-state index contributed by atoms with van der Waals surface area (Å²) in [4.78, 5) is 2.61. The SMILES string of the molecule is CNC(c1ccc(F)cc1)c1cc(C)c(C)s1. The van der Waals surface area contributed by atoms with Crippen LogP contribution < -0.4 is 5.32 Å². The van der Waals surface area contributed by atoms with Gasteiger partial charge in [0.1, 0.15) is 5.82 Å². The zero-order valence-corrected chi connectivity index (χ0v) is 11.1. The average molecular weight is 249 g/mol. The lowest BCUT2D eigenvalue weighted by Gasteiger charge is -2.14. The molecular weight excluding hydrogens is 233 g/mol. The zero-order valence-electron chi connectivity index (χ0n) is 10.3. The molecule has 90 valence electrons. The van der Waals surface area contributed by atoms with Crippen LogP contribution in [0.4, 0.5) is 4.39 Å². The van der Waals surface area contributed by atoms with E-state index in [-0.39, 0.29) is 11.9 Å². The Morgan fingerprint density at radius 3 is 2.29 bits per heavy atom. The highest BCUT2D eigenvalue weighted by Crippen LogP contribution is 2.30. The lowest BCUT2D eigenvalue weighted by molar-refractivity contribution is 0.624. The Hall–Kier alpha value is -1.19. The smallest absolute Gasteiger partial charge is 0.123 e. The minimum absolute atomic E-state index is 0.146. The number of aryl methyl sites for hydroxylation is 2. The van der Waals surface area contributed by atoms with Gasteiger partial charge in [0.05, 0.1) is 6.04 Å². The van der Waals surface area contributed by atoms with E-state index in [2.05, 4.69) is 25.2 Å². The topological polar surface area (TPSA) is 12.0 Å². The number of hydrogen-bond donors (Lipinski definition) is 1. The second kappa shape index (κ2) is 4.98. The van der Waals surface area contributed by atoms with Gasteiger partial charge in [0, 0.05) is 9.75 Å². The van der Waals surface area contributed by atoms with Gasteiger partial charge < -0.3 is 5.32 Å². The summed E-state index contributed by atoms with van der Waals surface area (Å²) in [6.45, 7) is 4.24. The second-order valence-corrected chi connectivity index (χ2v) is 5.45. The predicted octanol–water partition coefficient (Wildman–Crippen LogP) is 3.81. The molecule has 2 rings (SSSR count). The summed E-state index contributed by atoms with van der Waals surface area (Å²) >= 11 is 1.79. The van der Waals surface area contributed by atoms with Gasteiger partial charge >= 0.3 is 0 Å². The molecule has 17 heavy (non-hydrogen) atoms. The van der Waals surface area contributed by atoms with Gasteiger partial charge in [0.15, 0.2) is 0 Å². The van der Waals surface area contributed by atoms with Crippen molar-refractivity contribution in [3.8, 4) is 0 Å². The molecule has 1 aromatic carbocycles. The van der Waals surface area contributed by atoms with Gasteiger partial charge in [-0.15, -0.1) is 11.3 Å². The molecule has 0 saturated heterocycles. The first-order chi connectivity index (χ1) is 8.11. The molecule has 0 spiro atoms. The van der Waals surface area contributed by atoms with Gasteiger partial charge in [-0.3, -0.25) is 0 Å². The number of rotatable bonds is 3. The fourth-order valence-electron chi connectivity index (χ4n) is 1.87. The lowest BCUT2D eigenvalue weighted by atomic mass is 10.0. The summed E-state index contributed by atoms with van der Waals surface area (Å²) < 4.78 is 12.9. The molecule has 2 aromatic rings. The van der Waals surface area contributed by atoms with Crippen molar-refractivity contribution in [2.75, 3.05) is 7.05 Å². The summed E-state index contributed by atoms with van der Waals surface area (Å²) in [6.07, 6.45) is 0. The van der Waals surface area contributed by atoms with Crippen LogP contribution >= 0.6 is 11.3 Å². The molecule has 0 saturated carbocycles. The highest BCUT2D eigenvalue weighted by Gasteiger charge is 2.15. The van der Waals surface area contributed by atoms with Crippen molar-refractivity contribution in [3.63, 3.8) is 0 Å². The summed E-state index contributed by atoms with van der Waals surface area (Å²) in [7, 11) is 1.93. The summed E-state index contributed by atoms with van der Waals surface area (Å²) in [5.41, 5.74) is 2.41. The van der Waals surface area contributed by atoms with E-state index in [1.807, 2.05) is 19.2 Å². The number of thiophene rings is 1. The second-order valence-electron chi connectivity index (χ2n) is 4.16. The fraction of sp³-hybridized carbons (Fsp3) is 0.286. The van der Waals surface area contributed by atoms with E-state index in [0.29, 0.717) is 0 Å². The highest BCUT2D eigenvalue weighted by atomic mass is 32.1. The molecule has 0 amide bonds. The maximum atomic E-state index is 12.9. The monoisotopic (exact) mass is 249 g/mol. The van der Waals surface area contributed by atoms with Crippen molar-refractivity contribution in [2.24, 2.45) is 0 Å². The molecule has 0 aliphatic heterocycles. The number of nitrogens with one attached hydrogen (secondary N) is 1. The summed E-state index contributed by atoms with van der Waals surface area (Å²) in [6, 6.07) is 9.03. The van der Waals surface area contributed by atoms with E-state index in [9.17, 15) is 4.39 Å². The third-order valence-electron chi connectivity index (χ3n) is 2.96. The minimum Gasteiger partial charge on any atom is -0.309 e. The van der Waals surface area contributed by atoms with E-state index in [0.717, 1.165) is 5.56 Å². The predicted molar refractivity (Wildman–Crippen MR) is 71.1 cm³/mol. The van der Waals surface area contributed by atoms with Gasteiger partial charge in [-0.25, -0.2) is 4.39 Å². The Balaban J connectivity index is 2.36. The normalized spacial score (nSPS) is 12.7. The first kappa shape index (κ1) is 12.3. The van der Waals surface area contributed by atoms with Gasteiger partial charge in [-0.05, 0) is 50.2 Å². The molecule has 1 atom stereocenters. The molecule has 0 radical (unpaired) electrons. The molecule has 1 N–H and O–H groups in total. The quantitative estimate of drug-likeness (QED) is 0.872. The lowest BCUT2D eigenvalue weighted by Crippen LogP contribution is -2.16. The largest absolute Gasteiger partial charge is 0.309 e. The van der Waals surface area contributed by atoms with Crippen LogP contribution in [0.5, 0.6) is 0 Å². The number of hydrogen-bond acceptors (Lipinski definition) is 2. The molecule has 0 fully saturated rings. The van der Waals surface area contributed by atoms with Crippen molar-refractivity contribution in [1.29, 1.82) is 0 Å². The van der Waals surface area contributed by atoms with Crippen LogP contribution in [0.3, 0.4) is 0 Å². The zero-order chi connectivity index (χ0) is 12.4. The maximum Gasteiger partial charge on any atom is 0.123 e. The molecule has 1 unspecified atom stereocenters. The first-order valence-electron chi connectivity index (χ1n) is 5.61. The molecule has 1 aromatic heterocycles. The van der Waals surface area contributed by atoms with Gasteiger partial charge in [-0.2, -0.15) is 0 Å². The summed E-state index contributed by atoms with van der Waals surface area (Å²) in [5, 5.41) is 3.28. The van der Waals surface area contributed by atoms with Gasteiger partial charge in [-0.1, -0.05) is 12.1 Å². The third kappa shape index (κ3) is 2.56. The van der Waals surface area contributed by atoms with E-state index in [1.54, 1.807) is 11.3 Å². The van der Waals surface area contributed by atoms with Crippen LogP contribution in [0.1, 0.15) is 26.9 Å². The van der Waals surface area contributed by atoms with Crippen LogP contribution in [0.25, 0.3) is 0 Å². The first-order valence-corrected chi connectivity index (χ1v) is 6.43. The van der Waals surface area contributed by atoms with E-state index >= 15 is 0 Å². The van der Waals surface area contributed by atoms with Crippen molar-refractivity contribution in [3.05, 3.63) is 57.0 Å². The van der Waals surface area contributed by atoms with Crippen LogP contribution in [0.15, 0.2) is 30.3 Å². The molecule has 3 heteroatoms. The molecular formula is C14H16FNS. The standard InChI is InChI=1S/C14H16FNS/c1-9-8-13(17-10(9)2)14(16-3)11-4-6-12(15)7-5-11/h4-8,14,16H,1-3H3. The van der Waals surface area contributed by atoms with Gasteiger partial charge in [0.2, 0.25) is 0 Å². The third-order valence-corrected chi connectivity index (χ3v) is 4.18. The summed E-state index contributed by atoms with van der Waals surface area (Å²) in [5.74, 6) is -0.192. The Bertz CT molecular complexity index is 482. The molecule has 1 nitrogen and oxygen atoms in total. The van der Waals surface area contributed by atoms with Crippen molar-refractivity contribution < 1.29 is 4.39 Å². The van der Waals surface area contributed by atoms with Crippen LogP contribution in [-0.4, -0.2) is 7.05 Å². The molecule has 0 aliphatic rings. The minimum atomic E-state index is -0.192. The van der Waals surface area contributed by atoms with Crippen LogP contribution in [0.2, 0.25) is 0 Å². The van der Waals surface area contributed by atoms with Crippen molar-refractivity contribution >= 4 is 11.3 Å². The highest BCUT2D eigenvalue weighted by molar-refractivity contribution is 7.12. The maximum absolute atomic E-state index is 12.9. The van der Waals surface area contributed by atoms with E-state index in [1.165, 1.54) is 27.5 Å². The Morgan fingerprint density at radius 2 is 1.82 bits per heavy atom. The number of benzene rings is 1. The van der Waals surface area contributed by atoms with Crippen molar-refractivity contribution in [1.82, 2.24) is 5.32 Å². The Morgan fingerprint density at radius 1 is 1.18 bits per heavy atom. The molecule has 1 heterocycles. The average Bonchev–Trinajstić information content (AvgIpc) is 2.63. The molecule has 0 bridgehead atoms.